The Kier molecular flexibility index (Phi) is 8.45. The van der Waals surface area contributed by atoms with Gasteiger partial charge in [0.25, 0.3) is 0 Å². The Bertz CT molecular complexity index is 1980. The van der Waals surface area contributed by atoms with Gasteiger partial charge < -0.3 is 14.0 Å². The van der Waals surface area contributed by atoms with Crippen LogP contribution in [0.25, 0.3) is 22.3 Å². The van der Waals surface area contributed by atoms with Gasteiger partial charge in [-0.15, -0.1) is 0 Å². The highest BCUT2D eigenvalue weighted by Gasteiger charge is 2.46. The molecule has 1 aliphatic rings. The topological polar surface area (TPSA) is 90.0 Å². The van der Waals surface area contributed by atoms with E-state index in [2.05, 4.69) is 9.97 Å². The average Bonchev–Trinajstić information content (AvgIpc) is 3.38. The quantitative estimate of drug-likeness (QED) is 0.117. The number of carbonyl (C=O) groups is 1. The van der Waals surface area contributed by atoms with Gasteiger partial charge in [-0.25, -0.2) is 32.3 Å². The van der Waals surface area contributed by atoms with Crippen LogP contribution in [0, 0.1) is 28.4 Å². The van der Waals surface area contributed by atoms with Gasteiger partial charge in [-0.1, -0.05) is 30.7 Å². The molecule has 0 aliphatic heterocycles. The molecule has 0 spiro atoms. The van der Waals surface area contributed by atoms with E-state index >= 15 is 4.39 Å². The number of methoxy groups -OCH3 is 1. The molecule has 0 atom stereocenters. The molecule has 0 radical (unpaired) electrons. The van der Waals surface area contributed by atoms with Crippen molar-refractivity contribution in [3.8, 4) is 23.2 Å². The Morgan fingerprint density at radius 2 is 1.78 bits per heavy atom. The highest BCUT2D eigenvalue weighted by Crippen LogP contribution is 2.48. The number of nitrogens with zero attached hydrogens (tertiary/aromatic N) is 4. The number of carbonyl (C=O) groups excluding carboxylic acids is 1. The first-order valence-electron chi connectivity index (χ1n) is 14.6. The Balaban J connectivity index is 1.26. The Morgan fingerprint density at radius 1 is 1.00 bits per heavy atom. The SMILES string of the molecule is COC(=O)c1ccc2nc(Cc3ccc(-c4cccc(OCc5ccc(C#N)cc5F)n4)cc3F)n(CC3(C(F)F)CCC3)c2c1. The van der Waals surface area contributed by atoms with Crippen molar-refractivity contribution in [2.75, 3.05) is 7.11 Å². The number of alkyl halides is 2. The third kappa shape index (κ3) is 6.03. The van der Waals surface area contributed by atoms with E-state index in [0.717, 1.165) is 6.07 Å². The number of ether oxygens (including phenoxy) is 2. The maximum absolute atomic E-state index is 15.6. The zero-order valence-corrected chi connectivity index (χ0v) is 24.8. The first-order valence-corrected chi connectivity index (χ1v) is 14.6. The number of imidazole rings is 1. The summed E-state index contributed by atoms with van der Waals surface area (Å²) in [4.78, 5) is 21.3. The summed E-state index contributed by atoms with van der Waals surface area (Å²) in [6, 6.07) is 20.3. The minimum absolute atomic E-state index is 0.0100. The molecule has 234 valence electrons. The average molecular weight is 629 g/mol. The van der Waals surface area contributed by atoms with E-state index in [-0.39, 0.29) is 42.1 Å². The molecule has 7 nitrogen and oxygen atoms in total. The first-order chi connectivity index (χ1) is 22.2. The summed E-state index contributed by atoms with van der Waals surface area (Å²) in [7, 11) is 1.26. The summed E-state index contributed by atoms with van der Waals surface area (Å²) in [5.74, 6) is -1.06. The Labute approximate surface area is 262 Å². The zero-order chi connectivity index (χ0) is 32.4. The van der Waals surface area contributed by atoms with Crippen LogP contribution in [0.5, 0.6) is 5.88 Å². The van der Waals surface area contributed by atoms with E-state index in [1.807, 2.05) is 6.07 Å². The van der Waals surface area contributed by atoms with Crippen LogP contribution in [-0.2, 0) is 24.3 Å². The van der Waals surface area contributed by atoms with Gasteiger partial charge in [0.05, 0.1) is 41.0 Å². The lowest BCUT2D eigenvalue weighted by molar-refractivity contribution is -0.0714. The molecule has 1 aliphatic carbocycles. The molecule has 0 bridgehead atoms. The summed E-state index contributed by atoms with van der Waals surface area (Å²) in [5.41, 5.74) is 1.72. The van der Waals surface area contributed by atoms with Crippen LogP contribution in [0.4, 0.5) is 17.6 Å². The van der Waals surface area contributed by atoms with E-state index in [0.29, 0.717) is 52.9 Å². The van der Waals surface area contributed by atoms with Gasteiger partial charge >= 0.3 is 5.97 Å². The molecule has 1 fully saturated rings. The summed E-state index contributed by atoms with van der Waals surface area (Å²) >= 11 is 0. The molecule has 0 amide bonds. The molecule has 0 saturated heterocycles. The first kappa shape index (κ1) is 30.8. The van der Waals surface area contributed by atoms with Crippen LogP contribution in [0.2, 0.25) is 0 Å². The third-order valence-corrected chi connectivity index (χ3v) is 8.51. The number of benzene rings is 3. The third-order valence-electron chi connectivity index (χ3n) is 8.51. The van der Waals surface area contributed by atoms with Crippen molar-refractivity contribution >= 4 is 17.0 Å². The summed E-state index contributed by atoms with van der Waals surface area (Å²) in [5, 5.41) is 8.93. The van der Waals surface area contributed by atoms with Crippen molar-refractivity contribution in [3.63, 3.8) is 0 Å². The lowest BCUT2D eigenvalue weighted by Gasteiger charge is -2.41. The molecule has 0 unspecified atom stereocenters. The van der Waals surface area contributed by atoms with Crippen LogP contribution in [0.1, 0.15) is 52.1 Å². The van der Waals surface area contributed by atoms with Crippen LogP contribution in [0.15, 0.2) is 72.8 Å². The predicted molar refractivity (Wildman–Crippen MR) is 161 cm³/mol. The fourth-order valence-electron chi connectivity index (χ4n) is 5.68. The number of hydrogen-bond acceptors (Lipinski definition) is 6. The highest BCUT2D eigenvalue weighted by molar-refractivity contribution is 5.93. The maximum Gasteiger partial charge on any atom is 0.337 e. The number of aromatic nitrogens is 3. The smallest absolute Gasteiger partial charge is 0.337 e. The van der Waals surface area contributed by atoms with Crippen molar-refractivity contribution in [2.45, 2.75) is 45.3 Å². The summed E-state index contributed by atoms with van der Waals surface area (Å²) < 4.78 is 70.5. The minimum Gasteiger partial charge on any atom is -0.473 e. The molecule has 3 aromatic carbocycles. The lowest BCUT2D eigenvalue weighted by Crippen LogP contribution is -2.41. The number of rotatable bonds is 10. The minimum atomic E-state index is -2.54. The molecular weight excluding hydrogens is 600 g/mol. The van der Waals surface area contributed by atoms with E-state index in [1.54, 1.807) is 53.1 Å². The van der Waals surface area contributed by atoms with Crippen molar-refractivity contribution in [1.29, 1.82) is 5.26 Å². The predicted octanol–water partition coefficient (Wildman–Crippen LogP) is 7.64. The largest absolute Gasteiger partial charge is 0.473 e. The fourth-order valence-corrected chi connectivity index (χ4v) is 5.68. The number of halogens is 4. The normalized spacial score (nSPS) is 13.8. The van der Waals surface area contributed by atoms with Crippen molar-refractivity contribution in [2.24, 2.45) is 5.41 Å². The maximum atomic E-state index is 15.6. The molecule has 0 N–H and O–H groups in total. The Hall–Kier alpha value is -5.24. The van der Waals surface area contributed by atoms with Crippen LogP contribution >= 0.6 is 0 Å². The molecule has 6 rings (SSSR count). The second kappa shape index (κ2) is 12.6. The molecule has 5 aromatic rings. The fraction of sp³-hybridized carbons (Fsp3) is 0.257. The van der Waals surface area contributed by atoms with Gasteiger partial charge in [-0.2, -0.15) is 5.26 Å². The lowest BCUT2D eigenvalue weighted by atomic mass is 9.69. The monoisotopic (exact) mass is 628 g/mol. The standard InChI is InChI=1S/C35H28F4N4O3/c1-45-33(44)24-10-11-29-30(16-24)43(20-35(34(38)39)12-3-13-35)31(41-29)17-22-8-9-23(15-27(22)37)28-4-2-5-32(42-28)46-19-25-7-6-21(18-40)14-26(25)36/h2,4-11,14-16,34H,3,12-13,17,19-20H2,1H3. The number of pyridine rings is 1. The molecule has 2 heterocycles. The number of nitriles is 1. The molecule has 1 saturated carbocycles. The number of fused-ring (bicyclic) bond motifs is 1. The van der Waals surface area contributed by atoms with E-state index < -0.39 is 29.4 Å². The van der Waals surface area contributed by atoms with Crippen molar-refractivity contribution in [3.05, 3.63) is 113 Å². The van der Waals surface area contributed by atoms with Gasteiger partial charge in [-0.05, 0) is 60.9 Å². The molecule has 2 aromatic heterocycles. The van der Waals surface area contributed by atoms with Gasteiger partial charge in [0.1, 0.15) is 24.1 Å². The van der Waals surface area contributed by atoms with E-state index in [4.69, 9.17) is 14.7 Å². The summed E-state index contributed by atoms with van der Waals surface area (Å²) in [6.45, 7) is -0.125. The van der Waals surface area contributed by atoms with Crippen LogP contribution in [0.3, 0.4) is 0 Å². The van der Waals surface area contributed by atoms with Gasteiger partial charge in [0.2, 0.25) is 12.3 Å². The Morgan fingerprint density at radius 3 is 2.46 bits per heavy atom. The molecule has 46 heavy (non-hydrogen) atoms. The summed E-state index contributed by atoms with van der Waals surface area (Å²) in [6.07, 6.45) is -1.09. The van der Waals surface area contributed by atoms with E-state index in [9.17, 15) is 18.0 Å². The van der Waals surface area contributed by atoms with Gasteiger partial charge in [0, 0.05) is 35.6 Å². The molecular formula is C35H28F4N4O3. The number of esters is 1. The van der Waals surface area contributed by atoms with Gasteiger partial charge in [-0.3, -0.25) is 0 Å². The van der Waals surface area contributed by atoms with Gasteiger partial charge in [0.15, 0.2) is 0 Å². The molecule has 11 heteroatoms. The van der Waals surface area contributed by atoms with Crippen LogP contribution in [-0.4, -0.2) is 34.0 Å². The second-order valence-electron chi connectivity index (χ2n) is 11.4. The second-order valence-corrected chi connectivity index (χ2v) is 11.4. The highest BCUT2D eigenvalue weighted by atomic mass is 19.3. The van der Waals surface area contributed by atoms with Crippen molar-refractivity contribution in [1.82, 2.24) is 14.5 Å². The van der Waals surface area contributed by atoms with Crippen molar-refractivity contribution < 1.29 is 31.8 Å². The van der Waals surface area contributed by atoms with E-state index in [1.165, 1.54) is 25.3 Å². The van der Waals surface area contributed by atoms with Crippen LogP contribution < -0.4 is 4.74 Å². The zero-order valence-electron chi connectivity index (χ0n) is 24.8. The number of hydrogen-bond donors (Lipinski definition) is 0.